The topological polar surface area (TPSA) is 92.4 Å². The zero-order valence-corrected chi connectivity index (χ0v) is 8.68. The van der Waals surface area contributed by atoms with Crippen LogP contribution >= 0.6 is 0 Å². The van der Waals surface area contributed by atoms with Crippen LogP contribution in [0.5, 0.6) is 0 Å². The van der Waals surface area contributed by atoms with Gasteiger partial charge in [-0.1, -0.05) is 6.92 Å². The highest BCUT2D eigenvalue weighted by molar-refractivity contribution is 7.89. The lowest BCUT2D eigenvalue weighted by atomic mass is 10.1. The molecule has 0 radical (unpaired) electrons. The van der Waals surface area contributed by atoms with Crippen molar-refractivity contribution in [3.8, 4) is 0 Å². The molecule has 1 atom stereocenters. The van der Waals surface area contributed by atoms with Crippen molar-refractivity contribution in [2.75, 3.05) is 25.4 Å². The average molecular weight is 210 g/mol. The van der Waals surface area contributed by atoms with Gasteiger partial charge in [-0.2, -0.15) is 0 Å². The number of sulfonamides is 1. The summed E-state index contributed by atoms with van der Waals surface area (Å²) in [5.74, 6) is 0.309. The van der Waals surface area contributed by atoms with Gasteiger partial charge in [-0.15, -0.1) is 0 Å². The fourth-order valence-electron chi connectivity index (χ4n) is 0.885. The minimum atomic E-state index is -3.35. The summed E-state index contributed by atoms with van der Waals surface area (Å²) in [6.45, 7) is 3.23. The van der Waals surface area contributed by atoms with Gasteiger partial charge in [0.25, 0.3) is 0 Å². The molecule has 1 unspecified atom stereocenters. The largest absolute Gasteiger partial charge is 0.396 e. The maximum atomic E-state index is 10.5. The lowest BCUT2D eigenvalue weighted by molar-refractivity contribution is 0.260. The number of aliphatic hydroxyl groups excluding tert-OH is 1. The van der Waals surface area contributed by atoms with Crippen molar-refractivity contribution in [2.45, 2.75) is 13.3 Å². The van der Waals surface area contributed by atoms with Crippen LogP contribution in [0.1, 0.15) is 13.3 Å². The van der Waals surface area contributed by atoms with Crippen molar-refractivity contribution in [2.24, 2.45) is 11.1 Å². The summed E-state index contributed by atoms with van der Waals surface area (Å²) in [6, 6.07) is 0. The molecular weight excluding hydrogens is 192 g/mol. The molecule has 0 aromatic rings. The predicted molar refractivity (Wildman–Crippen MR) is 51.7 cm³/mol. The molecule has 0 aliphatic heterocycles. The molecule has 0 saturated carbocycles. The first kappa shape index (κ1) is 12.8. The summed E-state index contributed by atoms with van der Waals surface area (Å²) >= 11 is 0. The maximum absolute atomic E-state index is 10.5. The van der Waals surface area contributed by atoms with Gasteiger partial charge in [0, 0.05) is 13.2 Å². The molecule has 0 heterocycles. The van der Waals surface area contributed by atoms with Crippen LogP contribution in [0.4, 0.5) is 0 Å². The fraction of sp³-hybridized carbons (Fsp3) is 1.00. The van der Waals surface area contributed by atoms with E-state index < -0.39 is 10.0 Å². The number of nitrogens with one attached hydrogen (secondary N) is 1. The van der Waals surface area contributed by atoms with E-state index in [2.05, 4.69) is 5.32 Å². The van der Waals surface area contributed by atoms with Gasteiger partial charge in [0.2, 0.25) is 10.0 Å². The Labute approximate surface area is 79.4 Å². The summed E-state index contributed by atoms with van der Waals surface area (Å²) in [5, 5.41) is 16.3. The molecule has 0 bridgehead atoms. The summed E-state index contributed by atoms with van der Waals surface area (Å²) in [7, 11) is -3.35. The Morgan fingerprint density at radius 3 is 2.62 bits per heavy atom. The third-order valence-electron chi connectivity index (χ3n) is 1.68. The molecule has 0 aromatic carbocycles. The second kappa shape index (κ2) is 6.31. The molecule has 5 nitrogen and oxygen atoms in total. The Morgan fingerprint density at radius 2 is 2.15 bits per heavy atom. The van der Waals surface area contributed by atoms with E-state index in [-0.39, 0.29) is 12.4 Å². The number of primary sulfonamides is 1. The van der Waals surface area contributed by atoms with E-state index in [1.165, 1.54) is 0 Å². The highest BCUT2D eigenvalue weighted by atomic mass is 32.2. The predicted octanol–water partition coefficient (Wildman–Crippen LogP) is -1.12. The molecule has 6 heteroatoms. The Kier molecular flexibility index (Phi) is 6.23. The molecule has 0 aromatic heterocycles. The third kappa shape index (κ3) is 9.75. The summed E-state index contributed by atoms with van der Waals surface area (Å²) in [5.41, 5.74) is 0. The summed E-state index contributed by atoms with van der Waals surface area (Å²) in [4.78, 5) is 0. The Bertz CT molecular complexity index is 216. The lowest BCUT2D eigenvalue weighted by Gasteiger charge is -2.10. The van der Waals surface area contributed by atoms with Crippen LogP contribution in [0.3, 0.4) is 0 Å². The number of hydrogen-bond acceptors (Lipinski definition) is 4. The van der Waals surface area contributed by atoms with Crippen LogP contribution in [0.2, 0.25) is 0 Å². The van der Waals surface area contributed by atoms with Gasteiger partial charge in [-0.25, -0.2) is 13.6 Å². The molecule has 80 valence electrons. The van der Waals surface area contributed by atoms with Crippen LogP contribution in [0.15, 0.2) is 0 Å². The first-order valence-corrected chi connectivity index (χ1v) is 5.99. The number of rotatable bonds is 7. The van der Waals surface area contributed by atoms with Gasteiger partial charge in [0.1, 0.15) is 0 Å². The van der Waals surface area contributed by atoms with E-state index in [4.69, 9.17) is 10.2 Å². The zero-order chi connectivity index (χ0) is 10.3. The minimum absolute atomic E-state index is 0.0428. The Morgan fingerprint density at radius 1 is 1.54 bits per heavy atom. The first-order valence-electron chi connectivity index (χ1n) is 4.27. The standard InChI is InChI=1S/C7H18N2O3S/c1-7(2-4-10)6-9-3-5-13(8,11)12/h7,9-10H,2-6H2,1H3,(H2,8,11,12). The number of hydrogen-bond donors (Lipinski definition) is 3. The van der Waals surface area contributed by atoms with E-state index in [1.807, 2.05) is 6.92 Å². The van der Waals surface area contributed by atoms with Gasteiger partial charge >= 0.3 is 0 Å². The van der Waals surface area contributed by atoms with E-state index in [0.29, 0.717) is 19.0 Å². The lowest BCUT2D eigenvalue weighted by Crippen LogP contribution is -2.30. The van der Waals surface area contributed by atoms with E-state index in [0.717, 1.165) is 6.42 Å². The molecule has 0 fully saturated rings. The van der Waals surface area contributed by atoms with Crippen LogP contribution in [-0.2, 0) is 10.0 Å². The zero-order valence-electron chi connectivity index (χ0n) is 7.86. The van der Waals surface area contributed by atoms with Gasteiger partial charge in [0.15, 0.2) is 0 Å². The molecule has 0 amide bonds. The van der Waals surface area contributed by atoms with Crippen LogP contribution in [-0.4, -0.2) is 39.0 Å². The highest BCUT2D eigenvalue weighted by Crippen LogP contribution is 1.97. The normalized spacial score (nSPS) is 14.4. The molecule has 0 rings (SSSR count). The summed E-state index contributed by atoms with van der Waals surface area (Å²) < 4.78 is 21.0. The monoisotopic (exact) mass is 210 g/mol. The van der Waals surface area contributed by atoms with E-state index in [9.17, 15) is 8.42 Å². The summed E-state index contributed by atoms with van der Waals surface area (Å²) in [6.07, 6.45) is 0.725. The van der Waals surface area contributed by atoms with E-state index in [1.54, 1.807) is 0 Å². The molecule has 0 spiro atoms. The van der Waals surface area contributed by atoms with Gasteiger partial charge in [-0.05, 0) is 18.9 Å². The highest BCUT2D eigenvalue weighted by Gasteiger charge is 2.03. The Hall–Kier alpha value is -0.170. The van der Waals surface area contributed by atoms with Crippen molar-refractivity contribution >= 4 is 10.0 Å². The van der Waals surface area contributed by atoms with Gasteiger partial charge in [0.05, 0.1) is 5.75 Å². The molecule has 0 aliphatic rings. The second-order valence-electron chi connectivity index (χ2n) is 3.19. The fourth-order valence-corrected chi connectivity index (χ4v) is 1.31. The van der Waals surface area contributed by atoms with Crippen molar-refractivity contribution in [1.29, 1.82) is 0 Å². The molecule has 0 saturated heterocycles. The van der Waals surface area contributed by atoms with Gasteiger partial charge < -0.3 is 10.4 Å². The quantitative estimate of drug-likeness (QED) is 0.464. The maximum Gasteiger partial charge on any atom is 0.210 e. The smallest absolute Gasteiger partial charge is 0.210 e. The van der Waals surface area contributed by atoms with E-state index >= 15 is 0 Å². The Balaban J connectivity index is 3.36. The third-order valence-corrected chi connectivity index (χ3v) is 2.45. The van der Waals surface area contributed by atoms with Crippen molar-refractivity contribution in [3.63, 3.8) is 0 Å². The first-order chi connectivity index (χ1) is 5.95. The average Bonchev–Trinajstić information content (AvgIpc) is 1.97. The van der Waals surface area contributed by atoms with Crippen LogP contribution in [0, 0.1) is 5.92 Å². The molecule has 13 heavy (non-hydrogen) atoms. The molecule has 4 N–H and O–H groups in total. The van der Waals surface area contributed by atoms with Crippen molar-refractivity contribution in [1.82, 2.24) is 5.32 Å². The van der Waals surface area contributed by atoms with Crippen molar-refractivity contribution in [3.05, 3.63) is 0 Å². The minimum Gasteiger partial charge on any atom is -0.396 e. The van der Waals surface area contributed by atoms with Crippen LogP contribution < -0.4 is 10.5 Å². The number of nitrogens with two attached hydrogens (primary N) is 1. The van der Waals surface area contributed by atoms with Crippen LogP contribution in [0.25, 0.3) is 0 Å². The van der Waals surface area contributed by atoms with Crippen molar-refractivity contribution < 1.29 is 13.5 Å². The molecular formula is C7H18N2O3S. The molecule has 0 aliphatic carbocycles. The second-order valence-corrected chi connectivity index (χ2v) is 4.92. The number of aliphatic hydroxyl groups is 1. The van der Waals surface area contributed by atoms with Gasteiger partial charge in [-0.3, -0.25) is 0 Å². The SMILES string of the molecule is CC(CCO)CNCCS(N)(=O)=O.